The van der Waals surface area contributed by atoms with Crippen molar-refractivity contribution in [2.75, 3.05) is 38.2 Å². The van der Waals surface area contributed by atoms with Crippen LogP contribution >= 0.6 is 0 Å². The molecule has 2 unspecified atom stereocenters. The first kappa shape index (κ1) is 58.5. The largest absolute Gasteiger partial charge is 0.507 e. The maximum Gasteiger partial charge on any atom is 0.341 e. The first-order valence-corrected chi connectivity index (χ1v) is 27.7. The van der Waals surface area contributed by atoms with Crippen molar-refractivity contribution in [3.8, 4) is 11.5 Å². The predicted molar refractivity (Wildman–Crippen MR) is 294 cm³/mol. The van der Waals surface area contributed by atoms with Crippen LogP contribution in [0.25, 0.3) is 5.52 Å². The van der Waals surface area contributed by atoms with Gasteiger partial charge in [-0.05, 0) is 82.1 Å². The minimum atomic E-state index is -2.16. The van der Waals surface area contributed by atoms with Crippen LogP contribution in [0, 0.1) is 43.3 Å². The number of carboxylic acids is 1. The Morgan fingerprint density at radius 1 is 0.864 bits per heavy atom. The number of pyridine rings is 2. The number of aromatic carboxylic acids is 1. The van der Waals surface area contributed by atoms with Gasteiger partial charge in [-0.15, -0.1) is 0 Å². The lowest BCUT2D eigenvalue weighted by Gasteiger charge is -2.38. The summed E-state index contributed by atoms with van der Waals surface area (Å²) < 4.78 is 41.3. The van der Waals surface area contributed by atoms with E-state index in [1.54, 1.807) is 51.7 Å². The zero-order chi connectivity index (χ0) is 58.8. The number of likely N-dealkylation sites (tertiary alicyclic amines) is 1. The number of aryl methyl sites for hydroxylation is 1. The molecule has 21 heteroatoms. The molecule has 2 saturated heterocycles. The number of aliphatic hydroxyl groups excluding tert-OH is 2. The van der Waals surface area contributed by atoms with Crippen LogP contribution in [0.15, 0.2) is 64.6 Å². The second kappa shape index (κ2) is 22.6. The monoisotopic (exact) mass is 1120 g/mol. The fraction of sp³-hybridized carbons (Fsp3) is 0.517. The number of aromatic nitrogens is 1. The molecular weight excluding hydrogens is 1050 g/mol. The van der Waals surface area contributed by atoms with Gasteiger partial charge >= 0.3 is 17.7 Å². The molecule has 0 radical (unpaired) electrons. The van der Waals surface area contributed by atoms with Crippen LogP contribution in [0.3, 0.4) is 0 Å². The van der Waals surface area contributed by atoms with Gasteiger partial charge in [0.05, 0.1) is 58.7 Å². The van der Waals surface area contributed by atoms with Crippen molar-refractivity contribution in [3.63, 3.8) is 0 Å². The number of aromatic hydroxyl groups is 1. The highest BCUT2D eigenvalue weighted by Gasteiger charge is 2.54. The SMILES string of the molecule is CO[C@H]1/C=C/O[C@@]2(C)Oc3c(C)c(O)c4c(c3C2=O)C(=O)C(N2CCC(NC3CCCN(c5c(F)cn6c(=O)c(C(=O)O)cc(C7CC7)c6c5C)C3)C2)=C(NC(=O)/C(C)=C\C=C\[C@H](C)[C@H](O)[C@@H](C)[C@@H](O)[C@@H](C)[C@H](OC(C)=O)[C@@H]1C)C4=O. The van der Waals surface area contributed by atoms with Crippen LogP contribution < -0.4 is 25.8 Å². The third-order valence-corrected chi connectivity index (χ3v) is 17.3. The minimum Gasteiger partial charge on any atom is -0.507 e. The summed E-state index contributed by atoms with van der Waals surface area (Å²) in [6, 6.07) is 0.904. The normalized spacial score (nSPS) is 30.9. The number of carbonyl (C=O) groups is 6. The molecule has 3 aromatic rings. The molecule has 2 aromatic heterocycles. The Labute approximate surface area is 468 Å². The number of benzene rings is 1. The van der Waals surface area contributed by atoms with E-state index in [4.69, 9.17) is 18.9 Å². The zero-order valence-corrected chi connectivity index (χ0v) is 47.3. The molecule has 10 rings (SSSR count). The lowest BCUT2D eigenvalue weighted by Crippen LogP contribution is -2.50. The van der Waals surface area contributed by atoms with Gasteiger partial charge in [0, 0.05) is 94.0 Å². The molecule has 20 nitrogen and oxygen atoms in total. The number of rotatable bonds is 8. The first-order valence-electron chi connectivity index (χ1n) is 27.7. The maximum absolute atomic E-state index is 16.3. The van der Waals surface area contributed by atoms with Crippen LogP contribution in [-0.4, -0.2) is 140 Å². The van der Waals surface area contributed by atoms with Gasteiger partial charge in [0.1, 0.15) is 34.6 Å². The van der Waals surface area contributed by atoms with E-state index < -0.39 is 129 Å². The Balaban J connectivity index is 1.05. The van der Waals surface area contributed by atoms with Gasteiger partial charge in [-0.3, -0.25) is 33.2 Å². The summed E-state index contributed by atoms with van der Waals surface area (Å²) in [5, 5.41) is 51.2. The van der Waals surface area contributed by atoms with E-state index >= 15 is 14.0 Å². The number of allylic oxidation sites excluding steroid dienone is 4. The molecule has 0 spiro atoms. The van der Waals surface area contributed by atoms with Gasteiger partial charge in [0.15, 0.2) is 5.82 Å². The number of hydrogen-bond donors (Lipinski definition) is 6. The molecule has 3 fully saturated rings. The number of phenolic OH excluding ortho intramolecular Hbond substituents is 1. The van der Waals surface area contributed by atoms with Crippen LogP contribution in [0.4, 0.5) is 10.1 Å². The Morgan fingerprint density at radius 3 is 2.22 bits per heavy atom. The number of anilines is 1. The number of esters is 1. The maximum atomic E-state index is 16.3. The van der Waals surface area contributed by atoms with Gasteiger partial charge in [-0.2, -0.15) is 0 Å². The second-order valence-corrected chi connectivity index (χ2v) is 23.0. The van der Waals surface area contributed by atoms with Crippen LogP contribution in [0.5, 0.6) is 11.5 Å². The summed E-state index contributed by atoms with van der Waals surface area (Å²) in [4.78, 5) is 101. The number of fused-ring (bicyclic) bond motifs is 15. The Bertz CT molecular complexity index is 3320. The molecule has 1 aromatic carbocycles. The molecule has 6 N–H and O–H groups in total. The van der Waals surface area contributed by atoms with Gasteiger partial charge in [-0.25, -0.2) is 9.18 Å². The van der Waals surface area contributed by atoms with E-state index in [-0.39, 0.29) is 59.2 Å². The van der Waals surface area contributed by atoms with Crippen molar-refractivity contribution in [3.05, 3.63) is 115 Å². The third-order valence-electron chi connectivity index (χ3n) is 17.3. The Hall–Kier alpha value is -7.20. The number of amides is 1. The van der Waals surface area contributed by atoms with Crippen molar-refractivity contribution in [2.45, 2.75) is 143 Å². The molecule has 1 amide bonds. The van der Waals surface area contributed by atoms with E-state index in [0.717, 1.165) is 29.7 Å². The van der Waals surface area contributed by atoms with Gasteiger partial charge < -0.3 is 59.8 Å². The molecule has 1 saturated carbocycles. The molecule has 2 aliphatic carbocycles. The van der Waals surface area contributed by atoms with E-state index in [1.807, 2.05) is 4.90 Å². The number of carbonyl (C=O) groups excluding carboxylic acids is 5. The lowest BCUT2D eigenvalue weighted by molar-refractivity contribution is -0.160. The van der Waals surface area contributed by atoms with Crippen LogP contribution in [0.1, 0.15) is 145 Å². The average molecular weight is 1120 g/mol. The fourth-order valence-electron chi connectivity index (χ4n) is 12.6. The molecule has 434 valence electrons. The second-order valence-electron chi connectivity index (χ2n) is 23.0. The number of halogens is 1. The van der Waals surface area contributed by atoms with Crippen molar-refractivity contribution in [1.29, 1.82) is 0 Å². The number of piperidine rings is 1. The van der Waals surface area contributed by atoms with Crippen LogP contribution in [-0.2, 0) is 23.8 Å². The quantitative estimate of drug-likeness (QED) is 0.143. The van der Waals surface area contributed by atoms with Crippen molar-refractivity contribution < 1.29 is 72.5 Å². The minimum absolute atomic E-state index is 0.0450. The Morgan fingerprint density at radius 2 is 1.56 bits per heavy atom. The number of hydrogen-bond acceptors (Lipinski definition) is 17. The summed E-state index contributed by atoms with van der Waals surface area (Å²) in [7, 11) is 1.41. The number of ketones is 3. The molecule has 7 aliphatic rings. The predicted octanol–water partition coefficient (Wildman–Crippen LogP) is 5.93. The number of ether oxygens (including phenoxy) is 4. The standard InChI is InChI=1S/C60H72FN5O15/c1-27-13-11-14-28(2)57(74)63-45-48(65-21-18-37(25-65)62-36-15-12-20-64(24-36)47-30(4)46-38(35-16-17-35)23-39(59(76)77)58(75)66(46)26-40(47)61)53(72)42-43(52(45)71)51(70)33(7)55-44(42)56(73)60(9,81-55)79-22-19-41(78-10)29(3)54(80-34(8)67)32(6)50(69)31(5)49(27)68/h11,13-14,19,22-23,26-27,29,31-32,35-37,41,49-50,54,62,68-70H,12,15-18,20-21,24-25H2,1-10H3,(H,63,74)(H,76,77)/b13-11+,22-19+,28-14-/t27-,29+,31+,32+,36?,37?,41-,49-,50+,54+,60-/m0/s1. The lowest BCUT2D eigenvalue weighted by atomic mass is 9.78. The summed E-state index contributed by atoms with van der Waals surface area (Å²) in [5.74, 6) is -11.7. The van der Waals surface area contributed by atoms with E-state index in [1.165, 1.54) is 53.0 Å². The summed E-state index contributed by atoms with van der Waals surface area (Å²) in [5.41, 5.74) is -1.05. The highest BCUT2D eigenvalue weighted by molar-refractivity contribution is 6.32. The highest BCUT2D eigenvalue weighted by atomic mass is 19.1. The Kier molecular flexibility index (Phi) is 16.3. The van der Waals surface area contributed by atoms with Gasteiger partial charge in [0.2, 0.25) is 11.6 Å². The number of phenols is 1. The molecule has 11 atom stereocenters. The highest BCUT2D eigenvalue weighted by Crippen LogP contribution is 2.50. The third kappa shape index (κ3) is 10.7. The molecule has 81 heavy (non-hydrogen) atoms. The fourth-order valence-corrected chi connectivity index (χ4v) is 12.6. The molecule has 5 aliphatic heterocycles. The number of nitrogens with zero attached hydrogens (tertiary/aromatic N) is 3. The summed E-state index contributed by atoms with van der Waals surface area (Å²) >= 11 is 0. The topological polar surface area (TPSA) is 272 Å². The van der Waals surface area contributed by atoms with Crippen molar-refractivity contribution >= 4 is 46.4 Å². The smallest absolute Gasteiger partial charge is 0.341 e. The number of carboxylic acid groups (broad SMARTS) is 1. The van der Waals surface area contributed by atoms with E-state index in [2.05, 4.69) is 10.6 Å². The molecular formula is C60H72FN5O15. The van der Waals surface area contributed by atoms with Gasteiger partial charge in [-0.1, -0.05) is 45.9 Å². The molecule has 7 heterocycles. The first-order chi connectivity index (χ1) is 38.3. The van der Waals surface area contributed by atoms with E-state index in [0.29, 0.717) is 54.7 Å². The van der Waals surface area contributed by atoms with Gasteiger partial charge in [0.25, 0.3) is 17.2 Å². The van der Waals surface area contributed by atoms with Crippen molar-refractivity contribution in [2.24, 2.45) is 23.7 Å². The number of nitrogens with one attached hydrogen (secondary N) is 2. The zero-order valence-electron chi connectivity index (χ0n) is 47.3. The van der Waals surface area contributed by atoms with E-state index in [9.17, 15) is 44.4 Å². The number of aliphatic hydroxyl groups is 2. The summed E-state index contributed by atoms with van der Waals surface area (Å²) in [6.45, 7) is 15.2. The number of Topliss-reactive ketones (excluding diaryl/α,β-unsaturated/α-hetero) is 3. The van der Waals surface area contributed by atoms with Crippen molar-refractivity contribution in [1.82, 2.24) is 19.9 Å². The molecule has 5 bridgehead atoms. The summed E-state index contributed by atoms with van der Waals surface area (Å²) in [6.07, 6.45) is 7.69. The number of methoxy groups -OCH3 is 1. The van der Waals surface area contributed by atoms with Crippen LogP contribution in [0.2, 0.25) is 0 Å². The average Bonchev–Trinajstić information content (AvgIpc) is 3.35.